The molecule has 0 fully saturated rings. The molecule has 0 aliphatic heterocycles. The Kier molecular flexibility index (Phi) is 6.86. The van der Waals surface area contributed by atoms with Crippen LogP contribution in [0.15, 0.2) is 36.4 Å². The van der Waals surface area contributed by atoms with Crippen molar-refractivity contribution in [1.82, 2.24) is 5.43 Å². The van der Waals surface area contributed by atoms with Gasteiger partial charge in [-0.3, -0.25) is 25.8 Å². The first-order valence-electron chi connectivity index (χ1n) is 8.26. The Bertz CT molecular complexity index is 881. The third-order valence-corrected chi connectivity index (χ3v) is 3.91. The molecule has 0 atom stereocenters. The molecule has 2 N–H and O–H groups in total. The number of anilines is 1. The third-order valence-electron chi connectivity index (χ3n) is 3.91. The van der Waals surface area contributed by atoms with Gasteiger partial charge in [0, 0.05) is 18.6 Å². The molecule has 0 unspecified atom stereocenters. The molecule has 0 radical (unpaired) electrons. The summed E-state index contributed by atoms with van der Waals surface area (Å²) in [6, 6.07) is 7.10. The molecule has 2 aromatic rings. The average Bonchev–Trinajstić information content (AvgIpc) is 2.69. The Hall–Kier alpha value is -3.50. The summed E-state index contributed by atoms with van der Waals surface area (Å²) in [5, 5.41) is 11.0. The number of nitrogens with one attached hydrogen (secondary N) is 2. The summed E-state index contributed by atoms with van der Waals surface area (Å²) in [4.78, 5) is 22.1. The van der Waals surface area contributed by atoms with Gasteiger partial charge in [-0.1, -0.05) is 0 Å². The van der Waals surface area contributed by atoms with E-state index in [0.717, 1.165) is 11.6 Å². The van der Waals surface area contributed by atoms with Crippen molar-refractivity contribution in [2.24, 2.45) is 0 Å². The number of hydrogen-bond acceptors (Lipinski definition) is 6. The zero-order valence-corrected chi connectivity index (χ0v) is 15.5. The molecule has 1 amide bonds. The van der Waals surface area contributed by atoms with E-state index >= 15 is 0 Å². The van der Waals surface area contributed by atoms with Crippen molar-refractivity contribution in [3.63, 3.8) is 0 Å². The number of aryl methyl sites for hydroxylation is 1. The molecule has 2 aromatic carbocycles. The first-order chi connectivity index (χ1) is 13.6. The van der Waals surface area contributed by atoms with Crippen molar-refractivity contribution in [3.05, 3.63) is 57.6 Å². The van der Waals surface area contributed by atoms with E-state index in [2.05, 4.69) is 10.9 Å². The SMILES string of the molecule is COc1cc(CCC(=O)NNc2ccc(C(F)(F)F)cc2[N+](=O)[O-])cc(OC)c1. The summed E-state index contributed by atoms with van der Waals surface area (Å²) in [5.41, 5.74) is 3.07. The molecule has 29 heavy (non-hydrogen) atoms. The van der Waals surface area contributed by atoms with Crippen molar-refractivity contribution in [2.45, 2.75) is 19.0 Å². The lowest BCUT2D eigenvalue weighted by atomic mass is 10.1. The summed E-state index contributed by atoms with van der Waals surface area (Å²) in [6.45, 7) is 0. The van der Waals surface area contributed by atoms with E-state index in [0.29, 0.717) is 30.1 Å². The summed E-state index contributed by atoms with van der Waals surface area (Å²) in [5.74, 6) is 0.595. The van der Waals surface area contributed by atoms with Crippen LogP contribution in [0.4, 0.5) is 24.5 Å². The molecule has 0 aliphatic rings. The molecule has 0 saturated heterocycles. The maximum atomic E-state index is 12.7. The molecule has 2 rings (SSSR count). The fraction of sp³-hybridized carbons (Fsp3) is 0.278. The number of nitro benzene ring substituents is 1. The number of methoxy groups -OCH3 is 2. The number of rotatable bonds is 8. The molecule has 0 saturated carbocycles. The van der Waals surface area contributed by atoms with Gasteiger partial charge in [-0.05, 0) is 36.2 Å². The number of nitrogens with zero attached hydrogens (tertiary/aromatic N) is 1. The topological polar surface area (TPSA) is 103 Å². The lowest BCUT2D eigenvalue weighted by Gasteiger charge is -2.12. The molecular weight excluding hydrogens is 395 g/mol. The smallest absolute Gasteiger partial charge is 0.416 e. The van der Waals surface area contributed by atoms with E-state index in [1.54, 1.807) is 18.2 Å². The van der Waals surface area contributed by atoms with Crippen LogP contribution in [0, 0.1) is 10.1 Å². The van der Waals surface area contributed by atoms with Crippen molar-refractivity contribution in [2.75, 3.05) is 19.6 Å². The van der Waals surface area contributed by atoms with Crippen LogP contribution < -0.4 is 20.3 Å². The van der Waals surface area contributed by atoms with Gasteiger partial charge in [0.1, 0.15) is 17.2 Å². The minimum Gasteiger partial charge on any atom is -0.497 e. The van der Waals surface area contributed by atoms with Gasteiger partial charge in [0.25, 0.3) is 5.69 Å². The quantitative estimate of drug-likeness (QED) is 0.505. The summed E-state index contributed by atoms with van der Waals surface area (Å²) in [7, 11) is 2.98. The first-order valence-corrected chi connectivity index (χ1v) is 8.26. The Balaban J connectivity index is 2.01. The Morgan fingerprint density at radius 1 is 1.10 bits per heavy atom. The van der Waals surface area contributed by atoms with E-state index in [-0.39, 0.29) is 12.1 Å². The van der Waals surface area contributed by atoms with Crippen LogP contribution in [0.3, 0.4) is 0 Å². The van der Waals surface area contributed by atoms with Gasteiger partial charge < -0.3 is 9.47 Å². The Morgan fingerprint density at radius 2 is 1.72 bits per heavy atom. The number of nitro groups is 1. The van der Waals surface area contributed by atoms with Crippen LogP contribution in [0.2, 0.25) is 0 Å². The fourth-order valence-corrected chi connectivity index (χ4v) is 2.43. The zero-order chi connectivity index (χ0) is 21.6. The van der Waals surface area contributed by atoms with Crippen molar-refractivity contribution < 1.29 is 32.4 Å². The monoisotopic (exact) mass is 413 g/mol. The van der Waals surface area contributed by atoms with Gasteiger partial charge in [0.05, 0.1) is 24.7 Å². The summed E-state index contributed by atoms with van der Waals surface area (Å²) < 4.78 is 48.4. The predicted molar refractivity (Wildman–Crippen MR) is 97.7 cm³/mol. The highest BCUT2D eigenvalue weighted by Crippen LogP contribution is 2.34. The van der Waals surface area contributed by atoms with Crippen LogP contribution in [-0.4, -0.2) is 25.1 Å². The maximum Gasteiger partial charge on any atom is 0.416 e. The highest BCUT2D eigenvalue weighted by atomic mass is 19.4. The van der Waals surface area contributed by atoms with E-state index in [9.17, 15) is 28.1 Å². The Labute approximate surface area is 163 Å². The third kappa shape index (κ3) is 5.99. The van der Waals surface area contributed by atoms with E-state index < -0.39 is 28.3 Å². The number of carbonyl (C=O) groups excluding carboxylic acids is 1. The molecule has 0 aliphatic carbocycles. The number of carbonyl (C=O) groups is 1. The van der Waals surface area contributed by atoms with E-state index in [4.69, 9.17) is 9.47 Å². The number of alkyl halides is 3. The predicted octanol–water partition coefficient (Wildman–Crippen LogP) is 3.71. The minimum absolute atomic E-state index is 0.0117. The van der Waals surface area contributed by atoms with Crippen LogP contribution >= 0.6 is 0 Å². The largest absolute Gasteiger partial charge is 0.497 e. The van der Waals surface area contributed by atoms with Gasteiger partial charge in [-0.25, -0.2) is 0 Å². The molecule has 156 valence electrons. The number of halogens is 3. The molecule has 0 aromatic heterocycles. The fourth-order valence-electron chi connectivity index (χ4n) is 2.43. The van der Waals surface area contributed by atoms with E-state index in [1.807, 2.05) is 0 Å². The van der Waals surface area contributed by atoms with Crippen LogP contribution in [0.5, 0.6) is 11.5 Å². The van der Waals surface area contributed by atoms with Crippen molar-refractivity contribution in [3.8, 4) is 11.5 Å². The first kappa shape index (κ1) is 21.8. The van der Waals surface area contributed by atoms with Gasteiger partial charge in [0.15, 0.2) is 0 Å². The second-order valence-corrected chi connectivity index (χ2v) is 5.88. The second-order valence-electron chi connectivity index (χ2n) is 5.88. The van der Waals surface area contributed by atoms with Crippen LogP contribution in [-0.2, 0) is 17.4 Å². The highest BCUT2D eigenvalue weighted by molar-refractivity contribution is 5.78. The number of hydrogen-bond donors (Lipinski definition) is 2. The van der Waals surface area contributed by atoms with Crippen molar-refractivity contribution in [1.29, 1.82) is 0 Å². The maximum absolute atomic E-state index is 12.7. The zero-order valence-electron chi connectivity index (χ0n) is 15.5. The van der Waals surface area contributed by atoms with Crippen LogP contribution in [0.25, 0.3) is 0 Å². The second kappa shape index (κ2) is 9.13. The normalized spacial score (nSPS) is 10.9. The van der Waals surface area contributed by atoms with Gasteiger partial charge in [0.2, 0.25) is 5.91 Å². The lowest BCUT2D eigenvalue weighted by molar-refractivity contribution is -0.384. The van der Waals surface area contributed by atoms with Gasteiger partial charge in [-0.2, -0.15) is 13.2 Å². The molecule has 0 bridgehead atoms. The number of benzene rings is 2. The highest BCUT2D eigenvalue weighted by Gasteiger charge is 2.33. The summed E-state index contributed by atoms with van der Waals surface area (Å²) >= 11 is 0. The molecular formula is C18H18F3N3O5. The number of amides is 1. The Morgan fingerprint density at radius 3 is 2.24 bits per heavy atom. The van der Waals surface area contributed by atoms with Gasteiger partial charge in [-0.15, -0.1) is 0 Å². The van der Waals surface area contributed by atoms with Crippen molar-refractivity contribution >= 4 is 17.3 Å². The minimum atomic E-state index is -4.72. The molecule has 0 spiro atoms. The standard InChI is InChI=1S/C18H18F3N3O5/c1-28-13-7-11(8-14(10-13)29-2)3-6-17(25)23-22-15-5-4-12(18(19,20)21)9-16(15)24(26)27/h4-5,7-10,22H,3,6H2,1-2H3,(H,23,25). The number of ether oxygens (including phenoxy) is 2. The molecule has 8 nitrogen and oxygen atoms in total. The summed E-state index contributed by atoms with van der Waals surface area (Å²) in [6.07, 6.45) is -4.39. The lowest BCUT2D eigenvalue weighted by Crippen LogP contribution is -2.30. The van der Waals surface area contributed by atoms with Crippen LogP contribution in [0.1, 0.15) is 17.5 Å². The number of hydrazine groups is 1. The molecule has 11 heteroatoms. The van der Waals surface area contributed by atoms with E-state index in [1.165, 1.54) is 14.2 Å². The van der Waals surface area contributed by atoms with Gasteiger partial charge >= 0.3 is 6.18 Å². The average molecular weight is 413 g/mol. The molecule has 0 heterocycles.